The molecule has 1 rings (SSSR count). The van der Waals surface area contributed by atoms with Crippen molar-refractivity contribution < 1.29 is 0 Å². The van der Waals surface area contributed by atoms with Crippen molar-refractivity contribution in [2.75, 3.05) is 0 Å². The minimum Gasteiger partial charge on any atom is -0.115 e. The molecule has 12 heavy (non-hydrogen) atoms. The summed E-state index contributed by atoms with van der Waals surface area (Å²) in [6.07, 6.45) is 9.23. The highest BCUT2D eigenvalue weighted by Gasteiger charge is 1.90. The third-order valence-electron chi connectivity index (χ3n) is 1.76. The molecule has 0 aliphatic rings. The zero-order valence-electron chi connectivity index (χ0n) is 7.09. The van der Waals surface area contributed by atoms with Crippen LogP contribution in [0.2, 0.25) is 0 Å². The van der Waals surface area contributed by atoms with Gasteiger partial charge in [0.15, 0.2) is 0 Å². The molecule has 0 amide bonds. The molecule has 60 valence electrons. The summed E-state index contributed by atoms with van der Waals surface area (Å²) in [6, 6.07) is 8.08. The van der Waals surface area contributed by atoms with Crippen LogP contribution >= 0.6 is 0 Å². The third-order valence-corrected chi connectivity index (χ3v) is 1.76. The average molecular weight is 156 g/mol. The molecule has 0 unspecified atom stereocenters. The molecule has 0 spiro atoms. The van der Waals surface area contributed by atoms with Crippen molar-refractivity contribution in [2.45, 2.75) is 12.8 Å². The highest BCUT2D eigenvalue weighted by atomic mass is 13.9. The summed E-state index contributed by atoms with van der Waals surface area (Å²) >= 11 is 0. The van der Waals surface area contributed by atoms with Gasteiger partial charge in [0.1, 0.15) is 0 Å². The fourth-order valence-electron chi connectivity index (χ4n) is 1.04. The molecular weight excluding hydrogens is 144 g/mol. The Bertz CT molecular complexity index is 285. The van der Waals surface area contributed by atoms with Crippen LogP contribution in [0.5, 0.6) is 0 Å². The first-order chi connectivity index (χ1) is 5.86. The van der Waals surface area contributed by atoms with Crippen LogP contribution in [0.4, 0.5) is 0 Å². The van der Waals surface area contributed by atoms with Crippen LogP contribution in [-0.2, 0) is 6.42 Å². The minimum atomic E-state index is 0.942. The predicted octanol–water partition coefficient (Wildman–Crippen LogP) is 2.79. The Kier molecular flexibility index (Phi) is 3.17. The van der Waals surface area contributed by atoms with E-state index in [1.165, 1.54) is 5.56 Å². The van der Waals surface area contributed by atoms with E-state index in [2.05, 4.69) is 24.6 Å². The number of rotatable bonds is 3. The second kappa shape index (κ2) is 4.41. The highest BCUT2D eigenvalue weighted by Crippen LogP contribution is 2.05. The Balaban J connectivity index is 2.66. The van der Waals surface area contributed by atoms with E-state index in [1.54, 1.807) is 0 Å². The van der Waals surface area contributed by atoms with Crippen LogP contribution in [0.3, 0.4) is 0 Å². The second-order valence-electron chi connectivity index (χ2n) is 2.67. The molecule has 0 heteroatoms. The van der Waals surface area contributed by atoms with E-state index in [9.17, 15) is 0 Å². The maximum atomic E-state index is 5.23. The number of benzene rings is 1. The molecule has 0 radical (unpaired) electrons. The average Bonchev–Trinajstić information content (AvgIpc) is 2.15. The van der Waals surface area contributed by atoms with Crippen molar-refractivity contribution in [1.29, 1.82) is 0 Å². The van der Waals surface area contributed by atoms with Crippen LogP contribution in [0.1, 0.15) is 17.5 Å². The van der Waals surface area contributed by atoms with Gasteiger partial charge in [-0.1, -0.05) is 24.1 Å². The maximum Gasteiger partial charge on any atom is 0.0242 e. The number of terminal acetylenes is 1. The van der Waals surface area contributed by atoms with Gasteiger partial charge in [-0.15, -0.1) is 13.0 Å². The van der Waals surface area contributed by atoms with Gasteiger partial charge in [0.2, 0.25) is 0 Å². The van der Waals surface area contributed by atoms with Crippen molar-refractivity contribution >= 4 is 0 Å². The summed E-state index contributed by atoms with van der Waals surface area (Å²) in [7, 11) is 0. The Morgan fingerprint density at radius 1 is 1.33 bits per heavy atom. The summed E-state index contributed by atoms with van der Waals surface area (Å²) in [5.41, 5.74) is 2.26. The van der Waals surface area contributed by atoms with Crippen molar-refractivity contribution in [3.05, 3.63) is 48.0 Å². The van der Waals surface area contributed by atoms with E-state index in [4.69, 9.17) is 6.42 Å². The van der Waals surface area contributed by atoms with Crippen LogP contribution < -0.4 is 0 Å². The molecule has 0 N–H and O–H groups in total. The van der Waals surface area contributed by atoms with Crippen LogP contribution in [-0.4, -0.2) is 0 Å². The molecule has 0 aromatic heterocycles. The number of aryl methyl sites for hydroxylation is 1. The summed E-state index contributed by atoms with van der Waals surface area (Å²) in [5.74, 6) is 2.59. The first kappa shape index (κ1) is 8.62. The lowest BCUT2D eigenvalue weighted by Gasteiger charge is -1.97. The minimum absolute atomic E-state index is 0.942. The van der Waals surface area contributed by atoms with E-state index in [0.717, 1.165) is 18.4 Å². The number of hydrogen-bond acceptors (Lipinski definition) is 0. The fourth-order valence-corrected chi connectivity index (χ4v) is 1.04. The molecule has 0 saturated heterocycles. The van der Waals surface area contributed by atoms with Crippen molar-refractivity contribution in [1.82, 2.24) is 0 Å². The van der Waals surface area contributed by atoms with Gasteiger partial charge in [0, 0.05) is 5.56 Å². The SMILES string of the molecule is C#Cc1ccc(CCC=C)cc1. The van der Waals surface area contributed by atoms with Gasteiger partial charge in [-0.05, 0) is 30.5 Å². The third kappa shape index (κ3) is 2.29. The van der Waals surface area contributed by atoms with Crippen LogP contribution in [0.25, 0.3) is 0 Å². The Morgan fingerprint density at radius 3 is 2.50 bits per heavy atom. The van der Waals surface area contributed by atoms with E-state index in [1.807, 2.05) is 18.2 Å². The van der Waals surface area contributed by atoms with Crippen molar-refractivity contribution in [3.8, 4) is 12.3 Å². The number of allylic oxidation sites excluding steroid dienone is 1. The zero-order chi connectivity index (χ0) is 8.81. The smallest absolute Gasteiger partial charge is 0.0242 e. The Hall–Kier alpha value is -1.48. The van der Waals surface area contributed by atoms with Gasteiger partial charge < -0.3 is 0 Å². The maximum absolute atomic E-state index is 5.23. The highest BCUT2D eigenvalue weighted by molar-refractivity contribution is 5.34. The molecule has 1 aromatic rings. The molecule has 0 bridgehead atoms. The summed E-state index contributed by atoms with van der Waals surface area (Å²) in [4.78, 5) is 0. The Labute approximate surface area is 73.9 Å². The summed E-state index contributed by atoms with van der Waals surface area (Å²) in [5, 5.41) is 0. The summed E-state index contributed by atoms with van der Waals surface area (Å²) in [6.45, 7) is 3.68. The second-order valence-corrected chi connectivity index (χ2v) is 2.67. The predicted molar refractivity (Wildman–Crippen MR) is 52.9 cm³/mol. The molecule has 0 nitrogen and oxygen atoms in total. The van der Waals surface area contributed by atoms with E-state index >= 15 is 0 Å². The number of hydrogen-bond donors (Lipinski definition) is 0. The van der Waals surface area contributed by atoms with Gasteiger partial charge in [-0.2, -0.15) is 0 Å². The quantitative estimate of drug-likeness (QED) is 0.466. The first-order valence-electron chi connectivity index (χ1n) is 4.03. The monoisotopic (exact) mass is 156 g/mol. The lowest BCUT2D eigenvalue weighted by atomic mass is 10.1. The van der Waals surface area contributed by atoms with Gasteiger partial charge in [-0.3, -0.25) is 0 Å². The van der Waals surface area contributed by atoms with Gasteiger partial charge >= 0.3 is 0 Å². The van der Waals surface area contributed by atoms with Crippen molar-refractivity contribution in [2.24, 2.45) is 0 Å². The molecule has 0 fully saturated rings. The fraction of sp³-hybridized carbons (Fsp3) is 0.167. The van der Waals surface area contributed by atoms with E-state index < -0.39 is 0 Å². The normalized spacial score (nSPS) is 8.92. The zero-order valence-corrected chi connectivity index (χ0v) is 7.09. The molecule has 1 aromatic carbocycles. The van der Waals surface area contributed by atoms with E-state index in [-0.39, 0.29) is 0 Å². The molecule has 0 saturated carbocycles. The van der Waals surface area contributed by atoms with Gasteiger partial charge in [-0.25, -0.2) is 0 Å². The summed E-state index contributed by atoms with van der Waals surface area (Å²) < 4.78 is 0. The van der Waals surface area contributed by atoms with Crippen LogP contribution in [0, 0.1) is 12.3 Å². The van der Waals surface area contributed by atoms with E-state index in [0.29, 0.717) is 0 Å². The van der Waals surface area contributed by atoms with Crippen molar-refractivity contribution in [3.63, 3.8) is 0 Å². The largest absolute Gasteiger partial charge is 0.115 e. The first-order valence-corrected chi connectivity index (χ1v) is 4.03. The molecule has 0 aliphatic heterocycles. The van der Waals surface area contributed by atoms with Crippen LogP contribution in [0.15, 0.2) is 36.9 Å². The molecular formula is C12H12. The van der Waals surface area contributed by atoms with Gasteiger partial charge in [0.05, 0.1) is 0 Å². The lowest BCUT2D eigenvalue weighted by Crippen LogP contribution is -1.82. The standard InChI is InChI=1S/C12H12/c1-3-5-6-12-9-7-11(4-2)8-10-12/h2-3,7-10H,1,5-6H2. The lowest BCUT2D eigenvalue weighted by molar-refractivity contribution is 1.00. The Morgan fingerprint density at radius 2 is 2.00 bits per heavy atom. The molecule has 0 aliphatic carbocycles. The molecule has 0 atom stereocenters. The molecule has 0 heterocycles. The van der Waals surface area contributed by atoms with Gasteiger partial charge in [0.25, 0.3) is 0 Å². The topological polar surface area (TPSA) is 0 Å².